The number of hydrogen-bond donors (Lipinski definition) is 3. The molecule has 18 heavy (non-hydrogen) atoms. The van der Waals surface area contributed by atoms with Gasteiger partial charge in [-0.1, -0.05) is 6.92 Å². The molecule has 0 aromatic carbocycles. The number of nitrogens with two attached hydrogens (primary N) is 1. The Kier molecular flexibility index (Phi) is 4.07. The molecule has 0 amide bonds. The molecule has 0 radical (unpaired) electrons. The lowest BCUT2D eigenvalue weighted by atomic mass is 9.77. The van der Waals surface area contributed by atoms with Crippen molar-refractivity contribution in [1.82, 2.24) is 9.97 Å². The van der Waals surface area contributed by atoms with E-state index in [1.54, 1.807) is 0 Å². The van der Waals surface area contributed by atoms with Crippen LogP contribution in [0.5, 0.6) is 0 Å². The van der Waals surface area contributed by atoms with Gasteiger partial charge in [-0.05, 0) is 47.5 Å². The van der Waals surface area contributed by atoms with Crippen LogP contribution in [0.2, 0.25) is 0 Å². The lowest BCUT2D eigenvalue weighted by molar-refractivity contribution is 0.271. The predicted molar refractivity (Wildman–Crippen MR) is 75.6 cm³/mol. The summed E-state index contributed by atoms with van der Waals surface area (Å²) in [6.07, 6.45) is 5.76. The van der Waals surface area contributed by atoms with Gasteiger partial charge in [0, 0.05) is 6.54 Å². The summed E-state index contributed by atoms with van der Waals surface area (Å²) >= 11 is 3.26. The van der Waals surface area contributed by atoms with Gasteiger partial charge in [0.25, 0.3) is 5.56 Å². The third-order valence-electron chi connectivity index (χ3n) is 3.80. The molecule has 1 saturated carbocycles. The van der Waals surface area contributed by atoms with Gasteiger partial charge in [0.15, 0.2) is 0 Å². The van der Waals surface area contributed by atoms with Crippen molar-refractivity contribution in [2.45, 2.75) is 38.1 Å². The molecule has 6 heteroatoms. The fraction of sp³-hybridized carbons (Fsp3) is 0.667. The van der Waals surface area contributed by atoms with Crippen molar-refractivity contribution in [2.24, 2.45) is 11.7 Å². The molecule has 0 spiro atoms. The minimum absolute atomic E-state index is 0.129. The quantitative estimate of drug-likeness (QED) is 0.795. The van der Waals surface area contributed by atoms with Gasteiger partial charge in [0.05, 0.1) is 11.9 Å². The van der Waals surface area contributed by atoms with Crippen molar-refractivity contribution in [2.75, 3.05) is 11.9 Å². The van der Waals surface area contributed by atoms with Crippen molar-refractivity contribution in [3.05, 3.63) is 21.2 Å². The number of hydrogen-bond acceptors (Lipinski definition) is 4. The highest BCUT2D eigenvalue weighted by atomic mass is 79.9. The van der Waals surface area contributed by atoms with Crippen molar-refractivity contribution in [3.63, 3.8) is 0 Å². The van der Waals surface area contributed by atoms with Crippen LogP contribution in [0.4, 0.5) is 5.82 Å². The van der Waals surface area contributed by atoms with Crippen LogP contribution in [0.25, 0.3) is 0 Å². The maximum atomic E-state index is 11.5. The Labute approximate surface area is 115 Å². The molecule has 0 aliphatic heterocycles. The molecule has 2 rings (SSSR count). The molecule has 100 valence electrons. The zero-order chi connectivity index (χ0) is 13.2. The molecule has 1 aliphatic carbocycles. The molecule has 0 atom stereocenters. The summed E-state index contributed by atoms with van der Waals surface area (Å²) in [7, 11) is 0. The van der Waals surface area contributed by atoms with Gasteiger partial charge in [0.2, 0.25) is 0 Å². The van der Waals surface area contributed by atoms with Gasteiger partial charge in [0.1, 0.15) is 10.3 Å². The van der Waals surface area contributed by atoms with Crippen LogP contribution in [0, 0.1) is 5.92 Å². The summed E-state index contributed by atoms with van der Waals surface area (Å²) in [5.74, 6) is 1.33. The smallest absolute Gasteiger partial charge is 0.267 e. The predicted octanol–water partition coefficient (Wildman–Crippen LogP) is 1.85. The van der Waals surface area contributed by atoms with Gasteiger partial charge in [-0.15, -0.1) is 0 Å². The van der Waals surface area contributed by atoms with E-state index in [-0.39, 0.29) is 11.1 Å². The van der Waals surface area contributed by atoms with Crippen LogP contribution in [-0.2, 0) is 0 Å². The van der Waals surface area contributed by atoms with Crippen molar-refractivity contribution >= 4 is 21.7 Å². The third kappa shape index (κ3) is 2.75. The van der Waals surface area contributed by atoms with Gasteiger partial charge in [-0.2, -0.15) is 0 Å². The molecule has 4 N–H and O–H groups in total. The van der Waals surface area contributed by atoms with Crippen molar-refractivity contribution in [3.8, 4) is 0 Å². The van der Waals surface area contributed by atoms with Gasteiger partial charge >= 0.3 is 0 Å². The fourth-order valence-corrected chi connectivity index (χ4v) is 2.73. The molecule has 0 unspecified atom stereocenters. The summed E-state index contributed by atoms with van der Waals surface area (Å²) < 4.78 is 0.441. The lowest BCUT2D eigenvalue weighted by Gasteiger charge is -2.39. The van der Waals surface area contributed by atoms with Gasteiger partial charge in [-0.25, -0.2) is 4.98 Å². The number of anilines is 1. The molecular formula is C12H19BrN4O. The Bertz CT molecular complexity index is 465. The van der Waals surface area contributed by atoms with Crippen molar-refractivity contribution in [1.29, 1.82) is 0 Å². The monoisotopic (exact) mass is 314 g/mol. The summed E-state index contributed by atoms with van der Waals surface area (Å²) in [6, 6.07) is 0. The Morgan fingerprint density at radius 1 is 1.61 bits per heavy atom. The van der Waals surface area contributed by atoms with E-state index in [1.807, 2.05) is 0 Å². The van der Waals surface area contributed by atoms with Crippen LogP contribution in [0.3, 0.4) is 0 Å². The van der Waals surface area contributed by atoms with Crippen molar-refractivity contribution < 1.29 is 0 Å². The highest BCUT2D eigenvalue weighted by molar-refractivity contribution is 9.10. The summed E-state index contributed by atoms with van der Waals surface area (Å²) in [5.41, 5.74) is 5.62. The first-order valence-electron chi connectivity index (χ1n) is 6.28. The average Bonchev–Trinajstić information content (AvgIpc) is 2.38. The molecule has 1 aliphatic rings. The molecule has 1 aromatic rings. The van der Waals surface area contributed by atoms with Crippen LogP contribution in [0.1, 0.15) is 32.6 Å². The molecule has 1 heterocycles. The van der Waals surface area contributed by atoms with E-state index in [1.165, 1.54) is 6.33 Å². The van der Waals surface area contributed by atoms with E-state index in [4.69, 9.17) is 5.73 Å². The highest BCUT2D eigenvalue weighted by Gasteiger charge is 2.33. The zero-order valence-corrected chi connectivity index (χ0v) is 12.1. The molecule has 1 fully saturated rings. The largest absolute Gasteiger partial charge is 0.362 e. The Morgan fingerprint density at radius 2 is 2.28 bits per heavy atom. The summed E-state index contributed by atoms with van der Waals surface area (Å²) in [4.78, 5) is 18.2. The first-order chi connectivity index (χ1) is 8.56. The molecule has 1 aromatic heterocycles. The van der Waals surface area contributed by atoms with E-state index >= 15 is 0 Å². The standard InChI is InChI=1S/C12H19BrN4O/c1-8-2-4-12(6-14,5-3-8)17-10-9(13)11(18)16-7-15-10/h7-8H,2-6,14H2,1H3,(H2,15,16,17,18). The number of H-pyrrole nitrogens is 1. The fourth-order valence-electron chi connectivity index (χ4n) is 2.42. The number of aromatic nitrogens is 2. The number of rotatable bonds is 3. The maximum Gasteiger partial charge on any atom is 0.267 e. The first-order valence-corrected chi connectivity index (χ1v) is 7.07. The van der Waals surface area contributed by atoms with E-state index < -0.39 is 0 Å². The maximum absolute atomic E-state index is 11.5. The summed E-state index contributed by atoms with van der Waals surface area (Å²) in [5, 5.41) is 3.37. The Hall–Kier alpha value is -0.880. The highest BCUT2D eigenvalue weighted by Crippen LogP contribution is 2.34. The Morgan fingerprint density at radius 3 is 2.89 bits per heavy atom. The van der Waals surface area contributed by atoms with E-state index in [2.05, 4.69) is 38.1 Å². The normalized spacial score (nSPS) is 28.1. The number of nitrogens with zero attached hydrogens (tertiary/aromatic N) is 1. The number of nitrogens with one attached hydrogen (secondary N) is 2. The average molecular weight is 315 g/mol. The van der Waals surface area contributed by atoms with Gasteiger partial charge < -0.3 is 16.0 Å². The lowest BCUT2D eigenvalue weighted by Crippen LogP contribution is -2.48. The summed E-state index contributed by atoms with van der Waals surface area (Å²) in [6.45, 7) is 2.82. The first kappa shape index (κ1) is 13.5. The second-order valence-electron chi connectivity index (χ2n) is 5.19. The second-order valence-corrected chi connectivity index (χ2v) is 5.98. The van der Waals surface area contributed by atoms with Gasteiger partial charge in [-0.3, -0.25) is 4.79 Å². The minimum Gasteiger partial charge on any atom is -0.362 e. The van der Waals surface area contributed by atoms with E-state index in [0.717, 1.165) is 31.6 Å². The van der Waals surface area contributed by atoms with Crippen LogP contribution in [-0.4, -0.2) is 22.1 Å². The Balaban J connectivity index is 2.20. The molecule has 0 bridgehead atoms. The van der Waals surface area contributed by atoms with Crippen LogP contribution >= 0.6 is 15.9 Å². The minimum atomic E-state index is -0.177. The molecular weight excluding hydrogens is 296 g/mol. The SMILES string of the molecule is CC1CCC(CN)(Nc2nc[nH]c(=O)c2Br)CC1. The molecule has 5 nitrogen and oxygen atoms in total. The molecule has 0 saturated heterocycles. The van der Waals surface area contributed by atoms with E-state index in [9.17, 15) is 4.79 Å². The van der Waals surface area contributed by atoms with Crippen LogP contribution < -0.4 is 16.6 Å². The van der Waals surface area contributed by atoms with E-state index in [0.29, 0.717) is 16.8 Å². The second kappa shape index (κ2) is 5.40. The van der Waals surface area contributed by atoms with Crippen LogP contribution in [0.15, 0.2) is 15.6 Å². The number of halogens is 1. The topological polar surface area (TPSA) is 83.8 Å². The number of aromatic amines is 1. The third-order valence-corrected chi connectivity index (χ3v) is 4.54. The zero-order valence-electron chi connectivity index (χ0n) is 10.5.